The fraction of sp³-hybridized carbons (Fsp3) is 0.750. The van der Waals surface area contributed by atoms with E-state index in [9.17, 15) is 8.42 Å². The van der Waals surface area contributed by atoms with Crippen LogP contribution in [0.15, 0.2) is 17.3 Å². The van der Waals surface area contributed by atoms with Crippen molar-refractivity contribution in [2.45, 2.75) is 38.3 Å². The molecule has 1 aromatic heterocycles. The molecule has 1 atom stereocenters. The zero-order chi connectivity index (χ0) is 15.0. The third-order valence-corrected chi connectivity index (χ3v) is 4.08. The lowest BCUT2D eigenvalue weighted by molar-refractivity contribution is 0.0799. The average Bonchev–Trinajstić information content (AvgIpc) is 2.87. The molecule has 20 heavy (non-hydrogen) atoms. The lowest BCUT2D eigenvalue weighted by atomic mass is 10.4. The summed E-state index contributed by atoms with van der Waals surface area (Å²) in [6.45, 7) is 8.80. The second kappa shape index (κ2) is 8.35. The first-order valence-electron chi connectivity index (χ1n) is 6.84. The first-order chi connectivity index (χ1) is 9.49. The van der Waals surface area contributed by atoms with E-state index >= 15 is 0 Å². The summed E-state index contributed by atoms with van der Waals surface area (Å²) in [7, 11) is -3.52. The summed E-state index contributed by atoms with van der Waals surface area (Å²) in [6, 6.07) is 0. The van der Waals surface area contributed by atoms with Crippen LogP contribution in [0.5, 0.6) is 0 Å². The summed E-state index contributed by atoms with van der Waals surface area (Å²) >= 11 is 0. The molecule has 1 unspecified atom stereocenters. The summed E-state index contributed by atoms with van der Waals surface area (Å²) in [5.41, 5.74) is 0. The SMILES string of the molecule is CCNCCn1cc(S(=O)(=O)NCC(C)OCC)cn1. The molecule has 0 amide bonds. The normalized spacial score (nSPS) is 13.6. The van der Waals surface area contributed by atoms with Crippen molar-refractivity contribution in [3.05, 3.63) is 12.4 Å². The molecule has 0 aliphatic carbocycles. The monoisotopic (exact) mass is 304 g/mol. The van der Waals surface area contributed by atoms with Gasteiger partial charge >= 0.3 is 0 Å². The van der Waals surface area contributed by atoms with Crippen LogP contribution < -0.4 is 10.0 Å². The number of aromatic nitrogens is 2. The molecule has 0 fully saturated rings. The maximum absolute atomic E-state index is 12.0. The predicted molar refractivity (Wildman–Crippen MR) is 77.0 cm³/mol. The van der Waals surface area contributed by atoms with Gasteiger partial charge in [0.2, 0.25) is 10.0 Å². The second-order valence-electron chi connectivity index (χ2n) is 4.41. The Hall–Kier alpha value is -0.960. The Bertz CT molecular complexity index is 487. The number of nitrogens with zero attached hydrogens (tertiary/aromatic N) is 2. The molecule has 1 aromatic rings. The molecule has 0 aliphatic rings. The Kier molecular flexibility index (Phi) is 7.14. The van der Waals surface area contributed by atoms with E-state index in [4.69, 9.17) is 4.74 Å². The topological polar surface area (TPSA) is 85.2 Å². The highest BCUT2D eigenvalue weighted by molar-refractivity contribution is 7.89. The molecule has 0 bridgehead atoms. The molecule has 2 N–H and O–H groups in total. The van der Waals surface area contributed by atoms with Crippen molar-refractivity contribution in [3.8, 4) is 0 Å². The molecule has 7 nitrogen and oxygen atoms in total. The van der Waals surface area contributed by atoms with E-state index in [1.165, 1.54) is 12.4 Å². The first-order valence-corrected chi connectivity index (χ1v) is 8.32. The van der Waals surface area contributed by atoms with E-state index < -0.39 is 10.0 Å². The van der Waals surface area contributed by atoms with Crippen molar-refractivity contribution in [2.24, 2.45) is 0 Å². The minimum Gasteiger partial charge on any atom is -0.377 e. The van der Waals surface area contributed by atoms with Gasteiger partial charge in [-0.25, -0.2) is 13.1 Å². The number of sulfonamides is 1. The summed E-state index contributed by atoms with van der Waals surface area (Å²) in [5, 5.41) is 7.20. The van der Waals surface area contributed by atoms with Crippen LogP contribution in [0.3, 0.4) is 0 Å². The van der Waals surface area contributed by atoms with Gasteiger partial charge in [0, 0.05) is 25.9 Å². The van der Waals surface area contributed by atoms with E-state index in [2.05, 4.69) is 15.1 Å². The van der Waals surface area contributed by atoms with Crippen LogP contribution in [-0.4, -0.2) is 50.5 Å². The third kappa shape index (κ3) is 5.58. The summed E-state index contributed by atoms with van der Waals surface area (Å²) < 4.78 is 33.5. The fourth-order valence-electron chi connectivity index (χ4n) is 1.63. The van der Waals surface area contributed by atoms with Crippen LogP contribution in [0.25, 0.3) is 0 Å². The van der Waals surface area contributed by atoms with Crippen LogP contribution in [0.1, 0.15) is 20.8 Å². The number of hydrogen-bond acceptors (Lipinski definition) is 5. The number of hydrogen-bond donors (Lipinski definition) is 2. The van der Waals surface area contributed by atoms with Gasteiger partial charge < -0.3 is 10.1 Å². The molecular formula is C12H24N4O3S. The smallest absolute Gasteiger partial charge is 0.243 e. The largest absolute Gasteiger partial charge is 0.377 e. The van der Waals surface area contributed by atoms with Crippen LogP contribution in [-0.2, 0) is 21.3 Å². The first kappa shape index (κ1) is 17.1. The Balaban J connectivity index is 2.54. The molecule has 0 saturated heterocycles. The van der Waals surface area contributed by atoms with Gasteiger partial charge in [0.05, 0.1) is 18.8 Å². The summed E-state index contributed by atoms with van der Waals surface area (Å²) in [4.78, 5) is 0.178. The summed E-state index contributed by atoms with van der Waals surface area (Å²) in [5.74, 6) is 0. The molecule has 116 valence electrons. The summed E-state index contributed by atoms with van der Waals surface area (Å²) in [6.07, 6.45) is 2.74. The van der Waals surface area contributed by atoms with E-state index in [-0.39, 0.29) is 17.5 Å². The Morgan fingerprint density at radius 2 is 2.20 bits per heavy atom. The van der Waals surface area contributed by atoms with Gasteiger partial charge in [0.25, 0.3) is 0 Å². The lowest BCUT2D eigenvalue weighted by Gasteiger charge is -2.12. The molecule has 0 spiro atoms. The second-order valence-corrected chi connectivity index (χ2v) is 6.18. The van der Waals surface area contributed by atoms with E-state index in [0.29, 0.717) is 13.2 Å². The lowest BCUT2D eigenvalue weighted by Crippen LogP contribution is -2.32. The molecule has 8 heteroatoms. The molecule has 0 aromatic carbocycles. The average molecular weight is 304 g/mol. The van der Waals surface area contributed by atoms with E-state index in [0.717, 1.165) is 13.1 Å². The number of rotatable bonds is 10. The van der Waals surface area contributed by atoms with E-state index in [1.54, 1.807) is 4.68 Å². The quantitative estimate of drug-likeness (QED) is 0.603. The van der Waals surface area contributed by atoms with Crippen molar-refractivity contribution in [1.82, 2.24) is 19.8 Å². The van der Waals surface area contributed by atoms with Crippen LogP contribution in [0, 0.1) is 0 Å². The Morgan fingerprint density at radius 3 is 2.85 bits per heavy atom. The van der Waals surface area contributed by atoms with Gasteiger partial charge in [-0.1, -0.05) is 6.92 Å². The molecule has 1 heterocycles. The molecule has 0 saturated carbocycles. The van der Waals surface area contributed by atoms with Gasteiger partial charge in [0.15, 0.2) is 0 Å². The third-order valence-electron chi connectivity index (χ3n) is 2.70. The van der Waals surface area contributed by atoms with Crippen molar-refractivity contribution < 1.29 is 13.2 Å². The maximum Gasteiger partial charge on any atom is 0.243 e. The molecule has 0 aliphatic heterocycles. The number of nitrogens with one attached hydrogen (secondary N) is 2. The fourth-order valence-corrected chi connectivity index (χ4v) is 2.70. The van der Waals surface area contributed by atoms with Crippen molar-refractivity contribution in [1.29, 1.82) is 0 Å². The molecular weight excluding hydrogens is 280 g/mol. The van der Waals surface area contributed by atoms with E-state index in [1.807, 2.05) is 20.8 Å². The minimum atomic E-state index is -3.52. The van der Waals surface area contributed by atoms with Gasteiger partial charge in [0.1, 0.15) is 4.90 Å². The number of likely N-dealkylation sites (N-methyl/N-ethyl adjacent to an activating group) is 1. The predicted octanol–water partition coefficient (Wildman–Crippen LogP) is 0.196. The molecule has 1 rings (SSSR count). The highest BCUT2D eigenvalue weighted by atomic mass is 32.2. The van der Waals surface area contributed by atoms with Crippen molar-refractivity contribution >= 4 is 10.0 Å². The highest BCUT2D eigenvalue weighted by Gasteiger charge is 2.17. The van der Waals surface area contributed by atoms with Gasteiger partial charge in [-0.15, -0.1) is 0 Å². The van der Waals surface area contributed by atoms with Crippen molar-refractivity contribution in [2.75, 3.05) is 26.2 Å². The Labute approximate surface area is 120 Å². The van der Waals surface area contributed by atoms with Crippen LogP contribution >= 0.6 is 0 Å². The van der Waals surface area contributed by atoms with Gasteiger partial charge in [-0.3, -0.25) is 4.68 Å². The van der Waals surface area contributed by atoms with Gasteiger partial charge in [-0.2, -0.15) is 5.10 Å². The zero-order valence-corrected chi connectivity index (χ0v) is 13.1. The number of ether oxygens (including phenoxy) is 1. The zero-order valence-electron chi connectivity index (χ0n) is 12.3. The van der Waals surface area contributed by atoms with Crippen LogP contribution in [0.2, 0.25) is 0 Å². The van der Waals surface area contributed by atoms with Crippen LogP contribution in [0.4, 0.5) is 0 Å². The van der Waals surface area contributed by atoms with Crippen molar-refractivity contribution in [3.63, 3.8) is 0 Å². The van der Waals surface area contributed by atoms with Gasteiger partial charge in [-0.05, 0) is 20.4 Å². The Morgan fingerprint density at radius 1 is 1.45 bits per heavy atom. The highest BCUT2D eigenvalue weighted by Crippen LogP contribution is 2.06. The minimum absolute atomic E-state index is 0.154. The standard InChI is InChI=1S/C12H24N4O3S/c1-4-13-6-7-16-10-12(9-14-16)20(17,18)15-8-11(3)19-5-2/h9-11,13,15H,4-8H2,1-3H3. The maximum atomic E-state index is 12.0. The molecule has 0 radical (unpaired) electrons.